The molecule has 0 aromatic carbocycles. The van der Waals surface area contributed by atoms with E-state index >= 15 is 0 Å². The predicted molar refractivity (Wildman–Crippen MR) is 61.7 cm³/mol. The highest BCUT2D eigenvalue weighted by Crippen LogP contribution is 2.27. The molecular formula is C11H14F3N3O3. The lowest BCUT2D eigenvalue weighted by atomic mass is 10.1. The maximum Gasteiger partial charge on any atom is 0.435 e. The summed E-state index contributed by atoms with van der Waals surface area (Å²) in [5, 5.41) is 14.2. The highest BCUT2D eigenvalue weighted by atomic mass is 19.4. The summed E-state index contributed by atoms with van der Waals surface area (Å²) in [5.41, 5.74) is -1.07. The van der Waals surface area contributed by atoms with E-state index in [-0.39, 0.29) is 25.4 Å². The van der Waals surface area contributed by atoms with E-state index in [0.717, 1.165) is 16.9 Å². The van der Waals surface area contributed by atoms with Crippen LogP contribution in [0.15, 0.2) is 12.3 Å². The summed E-state index contributed by atoms with van der Waals surface area (Å²) in [5.74, 6) is -1.77. The van der Waals surface area contributed by atoms with E-state index in [9.17, 15) is 22.8 Å². The van der Waals surface area contributed by atoms with Gasteiger partial charge < -0.3 is 10.4 Å². The minimum absolute atomic E-state index is 0.0970. The Kier molecular flexibility index (Phi) is 5.12. The van der Waals surface area contributed by atoms with E-state index in [2.05, 4.69) is 10.4 Å². The van der Waals surface area contributed by atoms with E-state index in [1.807, 2.05) is 0 Å². The molecule has 1 amide bonds. The number of nitrogens with zero attached hydrogens (tertiary/aromatic N) is 2. The lowest BCUT2D eigenvalue weighted by Crippen LogP contribution is -2.32. The van der Waals surface area contributed by atoms with Gasteiger partial charge in [-0.1, -0.05) is 6.92 Å². The molecule has 0 saturated carbocycles. The molecule has 0 fully saturated rings. The van der Waals surface area contributed by atoms with Crippen molar-refractivity contribution in [1.29, 1.82) is 0 Å². The number of nitrogens with one attached hydrogen (secondary N) is 1. The average Bonchev–Trinajstić information content (AvgIpc) is 2.73. The molecule has 9 heteroatoms. The van der Waals surface area contributed by atoms with Gasteiger partial charge in [0.2, 0.25) is 5.91 Å². The van der Waals surface area contributed by atoms with Crippen molar-refractivity contribution < 1.29 is 27.9 Å². The van der Waals surface area contributed by atoms with Gasteiger partial charge in [0.15, 0.2) is 5.69 Å². The summed E-state index contributed by atoms with van der Waals surface area (Å²) >= 11 is 0. The number of carboxylic acids is 1. The van der Waals surface area contributed by atoms with Gasteiger partial charge in [-0.25, -0.2) is 0 Å². The first kappa shape index (κ1) is 16.0. The number of hydrogen-bond acceptors (Lipinski definition) is 3. The molecule has 0 aliphatic rings. The van der Waals surface area contributed by atoms with Crippen molar-refractivity contribution in [3.63, 3.8) is 0 Å². The fraction of sp³-hybridized carbons (Fsp3) is 0.545. The number of carboxylic acid groups (broad SMARTS) is 1. The molecule has 1 atom stereocenters. The fourth-order valence-corrected chi connectivity index (χ4v) is 1.46. The second kappa shape index (κ2) is 6.40. The molecule has 112 valence electrons. The molecule has 2 N–H and O–H groups in total. The molecule has 6 nitrogen and oxygen atoms in total. The first-order chi connectivity index (χ1) is 9.18. The van der Waals surface area contributed by atoms with E-state index in [4.69, 9.17) is 5.11 Å². The van der Waals surface area contributed by atoms with Gasteiger partial charge in [0.1, 0.15) is 6.54 Å². The number of alkyl halides is 3. The molecule has 0 spiro atoms. The lowest BCUT2D eigenvalue weighted by Gasteiger charge is -2.10. The number of carbonyl (C=O) groups excluding carboxylic acids is 1. The standard InChI is InChI=1S/C11H14F3N3O3/c1-7(4-10(19)20)5-15-9(18)6-17-3-2-8(16-17)11(12,13)14/h2-3,7H,4-6H2,1H3,(H,15,18)(H,19,20). The molecule has 1 rings (SSSR count). The number of hydrogen-bond donors (Lipinski definition) is 2. The van der Waals surface area contributed by atoms with Gasteiger partial charge in [-0.05, 0) is 12.0 Å². The third-order valence-corrected chi connectivity index (χ3v) is 2.41. The Morgan fingerprint density at radius 1 is 1.50 bits per heavy atom. The summed E-state index contributed by atoms with van der Waals surface area (Å²) in [6.07, 6.45) is -3.58. The van der Waals surface area contributed by atoms with Crippen molar-refractivity contribution >= 4 is 11.9 Å². The average molecular weight is 293 g/mol. The molecule has 1 aromatic heterocycles. The Labute approximate surface area is 112 Å². The second-order valence-electron chi connectivity index (χ2n) is 4.40. The second-order valence-corrected chi connectivity index (χ2v) is 4.40. The van der Waals surface area contributed by atoms with Crippen molar-refractivity contribution in [2.75, 3.05) is 6.54 Å². The SMILES string of the molecule is CC(CNC(=O)Cn1ccc(C(F)(F)F)n1)CC(=O)O. The monoisotopic (exact) mass is 293 g/mol. The van der Waals surface area contributed by atoms with Crippen LogP contribution in [-0.2, 0) is 22.3 Å². The Bertz CT molecular complexity index is 485. The van der Waals surface area contributed by atoms with Crippen LogP contribution in [0, 0.1) is 5.92 Å². The Balaban J connectivity index is 2.43. The molecule has 1 unspecified atom stereocenters. The number of carbonyl (C=O) groups is 2. The van der Waals surface area contributed by atoms with E-state index in [1.54, 1.807) is 6.92 Å². The first-order valence-corrected chi connectivity index (χ1v) is 5.77. The predicted octanol–water partition coefficient (Wildman–Crippen LogP) is 1.13. The molecule has 1 heterocycles. The highest BCUT2D eigenvalue weighted by molar-refractivity contribution is 5.75. The molecule has 0 radical (unpaired) electrons. The maximum atomic E-state index is 12.3. The summed E-state index contributed by atoms with van der Waals surface area (Å²) < 4.78 is 37.7. The van der Waals surface area contributed by atoms with Crippen LogP contribution < -0.4 is 5.32 Å². The summed E-state index contributed by atoms with van der Waals surface area (Å²) in [4.78, 5) is 21.9. The number of aliphatic carboxylic acids is 1. The van der Waals surface area contributed by atoms with E-state index in [0.29, 0.717) is 0 Å². The van der Waals surface area contributed by atoms with Crippen molar-refractivity contribution in [1.82, 2.24) is 15.1 Å². The quantitative estimate of drug-likeness (QED) is 0.823. The van der Waals surface area contributed by atoms with Crippen LogP contribution in [0.3, 0.4) is 0 Å². The van der Waals surface area contributed by atoms with Crippen LogP contribution in [0.1, 0.15) is 19.0 Å². The van der Waals surface area contributed by atoms with Crippen LogP contribution in [0.5, 0.6) is 0 Å². The van der Waals surface area contributed by atoms with Gasteiger partial charge in [-0.3, -0.25) is 14.3 Å². The minimum atomic E-state index is -4.54. The van der Waals surface area contributed by atoms with Crippen LogP contribution in [0.4, 0.5) is 13.2 Å². The number of halogens is 3. The van der Waals surface area contributed by atoms with Crippen molar-refractivity contribution in [2.45, 2.75) is 26.1 Å². The zero-order valence-corrected chi connectivity index (χ0v) is 10.6. The maximum absolute atomic E-state index is 12.3. The van der Waals surface area contributed by atoms with Gasteiger partial charge in [0.25, 0.3) is 0 Å². The van der Waals surface area contributed by atoms with Crippen LogP contribution in [0.2, 0.25) is 0 Å². The first-order valence-electron chi connectivity index (χ1n) is 5.77. The summed E-state index contributed by atoms with van der Waals surface area (Å²) in [6.45, 7) is 1.43. The zero-order chi connectivity index (χ0) is 15.3. The van der Waals surface area contributed by atoms with Crippen LogP contribution in [0.25, 0.3) is 0 Å². The smallest absolute Gasteiger partial charge is 0.435 e. The van der Waals surface area contributed by atoms with Gasteiger partial charge in [-0.15, -0.1) is 0 Å². The molecule has 0 aliphatic heterocycles. The number of amides is 1. The largest absolute Gasteiger partial charge is 0.481 e. The van der Waals surface area contributed by atoms with Gasteiger partial charge in [0, 0.05) is 19.2 Å². The number of aromatic nitrogens is 2. The molecular weight excluding hydrogens is 279 g/mol. The van der Waals surface area contributed by atoms with Crippen molar-refractivity contribution in [3.8, 4) is 0 Å². The Morgan fingerprint density at radius 3 is 2.65 bits per heavy atom. The normalized spacial score (nSPS) is 13.0. The Morgan fingerprint density at radius 2 is 2.15 bits per heavy atom. The highest BCUT2D eigenvalue weighted by Gasteiger charge is 2.33. The van der Waals surface area contributed by atoms with Crippen LogP contribution >= 0.6 is 0 Å². The summed E-state index contributed by atoms with van der Waals surface area (Å²) in [6, 6.07) is 0.778. The van der Waals surface area contributed by atoms with Crippen molar-refractivity contribution in [3.05, 3.63) is 18.0 Å². The zero-order valence-electron chi connectivity index (χ0n) is 10.6. The fourth-order valence-electron chi connectivity index (χ4n) is 1.46. The van der Waals surface area contributed by atoms with Gasteiger partial charge >= 0.3 is 12.1 Å². The third kappa shape index (κ3) is 5.29. The third-order valence-electron chi connectivity index (χ3n) is 2.41. The molecule has 20 heavy (non-hydrogen) atoms. The van der Waals surface area contributed by atoms with E-state index in [1.165, 1.54) is 0 Å². The molecule has 0 saturated heterocycles. The lowest BCUT2D eigenvalue weighted by molar-refractivity contribution is -0.141. The summed E-state index contributed by atoms with van der Waals surface area (Å²) in [7, 11) is 0. The topological polar surface area (TPSA) is 84.2 Å². The molecule has 0 bridgehead atoms. The van der Waals surface area contributed by atoms with E-state index < -0.39 is 23.7 Å². The Hall–Kier alpha value is -2.06. The minimum Gasteiger partial charge on any atom is -0.481 e. The number of rotatable bonds is 6. The van der Waals surface area contributed by atoms with Crippen LogP contribution in [-0.4, -0.2) is 33.3 Å². The van der Waals surface area contributed by atoms with Crippen molar-refractivity contribution in [2.24, 2.45) is 5.92 Å². The molecule has 1 aromatic rings. The molecule has 0 aliphatic carbocycles. The van der Waals surface area contributed by atoms with Gasteiger partial charge in [0.05, 0.1) is 0 Å². The van der Waals surface area contributed by atoms with Gasteiger partial charge in [-0.2, -0.15) is 18.3 Å².